The summed E-state index contributed by atoms with van der Waals surface area (Å²) in [4.78, 5) is 18.4. The molecule has 0 fully saturated rings. The van der Waals surface area contributed by atoms with E-state index in [9.17, 15) is 4.79 Å². The number of ether oxygens (including phenoxy) is 2. The summed E-state index contributed by atoms with van der Waals surface area (Å²) >= 11 is 5.80. The molecule has 0 spiro atoms. The normalized spacial score (nSPS) is 14.2. The Morgan fingerprint density at radius 1 is 1.28 bits per heavy atom. The zero-order valence-corrected chi connectivity index (χ0v) is 14.9. The number of carbonyl (C=O) groups excluding carboxylic acids is 1. The van der Waals surface area contributed by atoms with E-state index in [1.165, 1.54) is 6.20 Å². The fraction of sp³-hybridized carbons (Fsp3) is 0.333. The SMILES string of the molecule is C[C@@H](C(=O)Nc1ccc(Cl)cn1)N(C)Cc1ccc2c(c1)OCCO2. The minimum absolute atomic E-state index is 0.130. The zero-order valence-electron chi connectivity index (χ0n) is 14.2. The first-order valence-electron chi connectivity index (χ1n) is 8.04. The molecule has 2 aromatic rings. The van der Waals surface area contributed by atoms with Crippen LogP contribution < -0.4 is 14.8 Å². The summed E-state index contributed by atoms with van der Waals surface area (Å²) in [6.45, 7) is 3.59. The lowest BCUT2D eigenvalue weighted by atomic mass is 10.1. The summed E-state index contributed by atoms with van der Waals surface area (Å²) in [5, 5.41) is 3.32. The van der Waals surface area contributed by atoms with Gasteiger partial charge in [0.2, 0.25) is 5.91 Å². The van der Waals surface area contributed by atoms with E-state index in [0.29, 0.717) is 30.6 Å². The number of hydrogen-bond acceptors (Lipinski definition) is 5. The van der Waals surface area contributed by atoms with E-state index in [1.54, 1.807) is 12.1 Å². The molecule has 0 saturated heterocycles. The Balaban J connectivity index is 1.60. The average Bonchev–Trinajstić information content (AvgIpc) is 2.62. The summed E-state index contributed by atoms with van der Waals surface area (Å²) in [5.74, 6) is 1.86. The van der Waals surface area contributed by atoms with Gasteiger partial charge in [-0.3, -0.25) is 9.69 Å². The number of anilines is 1. The molecule has 1 N–H and O–H groups in total. The van der Waals surface area contributed by atoms with Crippen molar-refractivity contribution >= 4 is 23.3 Å². The maximum Gasteiger partial charge on any atom is 0.242 e. The van der Waals surface area contributed by atoms with Crippen LogP contribution >= 0.6 is 11.6 Å². The van der Waals surface area contributed by atoms with Crippen molar-refractivity contribution < 1.29 is 14.3 Å². The number of aromatic nitrogens is 1. The Hall–Kier alpha value is -2.31. The third-order valence-corrected chi connectivity index (χ3v) is 4.28. The molecular weight excluding hydrogens is 342 g/mol. The van der Waals surface area contributed by atoms with E-state index in [4.69, 9.17) is 21.1 Å². The van der Waals surface area contributed by atoms with E-state index in [0.717, 1.165) is 17.1 Å². The minimum atomic E-state index is -0.328. The predicted octanol–water partition coefficient (Wildman–Crippen LogP) is 2.97. The van der Waals surface area contributed by atoms with Crippen LogP contribution in [0.25, 0.3) is 0 Å². The van der Waals surface area contributed by atoms with Crippen molar-refractivity contribution in [2.45, 2.75) is 19.5 Å². The molecule has 1 atom stereocenters. The minimum Gasteiger partial charge on any atom is -0.486 e. The molecule has 6 nitrogen and oxygen atoms in total. The van der Waals surface area contributed by atoms with Crippen LogP contribution in [0.5, 0.6) is 11.5 Å². The van der Waals surface area contributed by atoms with Gasteiger partial charge in [-0.25, -0.2) is 4.98 Å². The fourth-order valence-electron chi connectivity index (χ4n) is 2.49. The number of halogens is 1. The van der Waals surface area contributed by atoms with E-state index in [2.05, 4.69) is 10.3 Å². The van der Waals surface area contributed by atoms with Crippen molar-refractivity contribution in [2.75, 3.05) is 25.6 Å². The number of pyridine rings is 1. The van der Waals surface area contributed by atoms with Crippen LogP contribution in [0.2, 0.25) is 5.02 Å². The second-order valence-corrected chi connectivity index (χ2v) is 6.36. The molecule has 0 saturated carbocycles. The number of carbonyl (C=O) groups is 1. The lowest BCUT2D eigenvalue weighted by molar-refractivity contribution is -0.120. The fourth-order valence-corrected chi connectivity index (χ4v) is 2.60. The molecular formula is C18H20ClN3O3. The van der Waals surface area contributed by atoms with Gasteiger partial charge in [0.25, 0.3) is 0 Å². The predicted molar refractivity (Wildman–Crippen MR) is 96.2 cm³/mol. The molecule has 1 aromatic carbocycles. The van der Waals surface area contributed by atoms with Gasteiger partial charge in [0.05, 0.1) is 11.1 Å². The van der Waals surface area contributed by atoms with E-state index >= 15 is 0 Å². The molecule has 0 aliphatic carbocycles. The summed E-state index contributed by atoms with van der Waals surface area (Å²) in [5.41, 5.74) is 1.05. The van der Waals surface area contributed by atoms with Gasteiger partial charge in [0, 0.05) is 12.7 Å². The highest BCUT2D eigenvalue weighted by Crippen LogP contribution is 2.31. The van der Waals surface area contributed by atoms with Crippen LogP contribution in [0.3, 0.4) is 0 Å². The smallest absolute Gasteiger partial charge is 0.242 e. The first-order chi connectivity index (χ1) is 12.0. The first kappa shape index (κ1) is 17.5. The number of hydrogen-bond donors (Lipinski definition) is 1. The second kappa shape index (κ2) is 7.72. The number of benzene rings is 1. The van der Waals surface area contributed by atoms with Gasteiger partial charge in [-0.2, -0.15) is 0 Å². The highest BCUT2D eigenvalue weighted by Gasteiger charge is 2.20. The van der Waals surface area contributed by atoms with Crippen molar-refractivity contribution in [3.8, 4) is 11.5 Å². The second-order valence-electron chi connectivity index (χ2n) is 5.92. The highest BCUT2D eigenvalue weighted by atomic mass is 35.5. The van der Waals surface area contributed by atoms with Gasteiger partial charge in [-0.1, -0.05) is 17.7 Å². The van der Waals surface area contributed by atoms with Crippen molar-refractivity contribution in [1.82, 2.24) is 9.88 Å². The van der Waals surface area contributed by atoms with Gasteiger partial charge in [0.15, 0.2) is 11.5 Å². The Morgan fingerprint density at radius 2 is 2.04 bits per heavy atom. The maximum absolute atomic E-state index is 12.4. The lowest BCUT2D eigenvalue weighted by Crippen LogP contribution is -2.39. The number of nitrogens with zero attached hydrogens (tertiary/aromatic N) is 2. The number of nitrogens with one attached hydrogen (secondary N) is 1. The van der Waals surface area contributed by atoms with Crippen LogP contribution in [-0.4, -0.2) is 42.1 Å². The van der Waals surface area contributed by atoms with E-state index in [1.807, 2.05) is 37.1 Å². The molecule has 1 aliphatic heterocycles. The molecule has 2 heterocycles. The molecule has 0 bridgehead atoms. The molecule has 25 heavy (non-hydrogen) atoms. The van der Waals surface area contributed by atoms with Gasteiger partial charge in [-0.15, -0.1) is 0 Å². The third kappa shape index (κ3) is 4.41. The summed E-state index contributed by atoms with van der Waals surface area (Å²) in [7, 11) is 1.90. The van der Waals surface area contributed by atoms with Gasteiger partial charge in [-0.05, 0) is 43.8 Å². The molecule has 0 radical (unpaired) electrons. The highest BCUT2D eigenvalue weighted by molar-refractivity contribution is 6.30. The molecule has 132 valence electrons. The van der Waals surface area contributed by atoms with Crippen LogP contribution in [0.1, 0.15) is 12.5 Å². The van der Waals surface area contributed by atoms with E-state index < -0.39 is 0 Å². The summed E-state index contributed by atoms with van der Waals surface area (Å²) in [6.07, 6.45) is 1.50. The van der Waals surface area contributed by atoms with Crippen LogP contribution in [-0.2, 0) is 11.3 Å². The van der Waals surface area contributed by atoms with Crippen LogP contribution in [0, 0.1) is 0 Å². The molecule has 1 amide bonds. The Bertz CT molecular complexity index is 752. The lowest BCUT2D eigenvalue weighted by Gasteiger charge is -2.25. The summed E-state index contributed by atoms with van der Waals surface area (Å²) in [6, 6.07) is 8.87. The summed E-state index contributed by atoms with van der Waals surface area (Å²) < 4.78 is 11.1. The zero-order chi connectivity index (χ0) is 17.8. The van der Waals surface area contributed by atoms with Crippen LogP contribution in [0.4, 0.5) is 5.82 Å². The number of rotatable bonds is 5. The Labute approximate surface area is 151 Å². The van der Waals surface area contributed by atoms with Gasteiger partial charge >= 0.3 is 0 Å². The Morgan fingerprint density at radius 3 is 2.76 bits per heavy atom. The van der Waals surface area contributed by atoms with Crippen molar-refractivity contribution in [3.63, 3.8) is 0 Å². The molecule has 1 aliphatic rings. The number of fused-ring (bicyclic) bond motifs is 1. The molecule has 7 heteroatoms. The Kier molecular flexibility index (Phi) is 5.40. The maximum atomic E-state index is 12.4. The molecule has 1 aromatic heterocycles. The van der Waals surface area contributed by atoms with Crippen LogP contribution in [0.15, 0.2) is 36.5 Å². The quantitative estimate of drug-likeness (QED) is 0.887. The van der Waals surface area contributed by atoms with Crippen molar-refractivity contribution in [3.05, 3.63) is 47.1 Å². The molecule has 3 rings (SSSR count). The monoisotopic (exact) mass is 361 g/mol. The van der Waals surface area contributed by atoms with Crippen molar-refractivity contribution in [2.24, 2.45) is 0 Å². The van der Waals surface area contributed by atoms with Gasteiger partial charge in [0.1, 0.15) is 19.0 Å². The van der Waals surface area contributed by atoms with E-state index in [-0.39, 0.29) is 11.9 Å². The first-order valence-corrected chi connectivity index (χ1v) is 8.42. The van der Waals surface area contributed by atoms with Gasteiger partial charge < -0.3 is 14.8 Å². The average molecular weight is 362 g/mol. The standard InChI is InChI=1S/C18H20ClN3O3/c1-12(18(23)21-17-6-4-14(19)10-20-17)22(2)11-13-3-5-15-16(9-13)25-8-7-24-15/h3-6,9-10,12H,7-8,11H2,1-2H3,(H,20,21,23)/t12-/m0/s1. The number of likely N-dealkylation sites (N-methyl/N-ethyl adjacent to an activating group) is 1. The largest absolute Gasteiger partial charge is 0.486 e. The molecule has 0 unspecified atom stereocenters. The third-order valence-electron chi connectivity index (χ3n) is 4.06. The number of amides is 1. The van der Waals surface area contributed by atoms with Crippen molar-refractivity contribution in [1.29, 1.82) is 0 Å². The topological polar surface area (TPSA) is 63.7 Å².